The van der Waals surface area contributed by atoms with Crippen LogP contribution < -0.4 is 10.2 Å². The minimum Gasteiger partial charge on any atom is -0.444 e. The van der Waals surface area contributed by atoms with Gasteiger partial charge in [0.05, 0.1) is 32.0 Å². The Morgan fingerprint density at radius 3 is 2.91 bits per heavy atom. The van der Waals surface area contributed by atoms with E-state index in [0.717, 1.165) is 0 Å². The van der Waals surface area contributed by atoms with Crippen LogP contribution in [0.4, 0.5) is 16.2 Å². The standard InChI is InChI=1S/C16H20N4O2/c1-16(2,3)22-15(21)18-12-6-5-7-13-14(12)19(4)10-11-8-9-17-20(11)13/h5-9H,10H2,1-4H3,(H,18,21)/i10D2. The lowest BCUT2D eigenvalue weighted by molar-refractivity contribution is 0.0636. The van der Waals surface area contributed by atoms with Gasteiger partial charge in [-0.15, -0.1) is 0 Å². The highest BCUT2D eigenvalue weighted by molar-refractivity contribution is 5.92. The molecule has 0 saturated heterocycles. The summed E-state index contributed by atoms with van der Waals surface area (Å²) in [5.74, 6) is 0. The largest absolute Gasteiger partial charge is 0.444 e. The molecule has 0 unspecified atom stereocenters. The molecule has 0 saturated carbocycles. The highest BCUT2D eigenvalue weighted by Crippen LogP contribution is 2.36. The number of nitrogens with zero attached hydrogens (tertiary/aromatic N) is 3. The molecule has 1 aliphatic rings. The smallest absolute Gasteiger partial charge is 0.412 e. The molecule has 1 amide bonds. The van der Waals surface area contributed by atoms with Crippen LogP contribution >= 0.6 is 0 Å². The Kier molecular flexibility index (Phi) is 2.77. The fourth-order valence-electron chi connectivity index (χ4n) is 2.38. The molecule has 0 radical (unpaired) electrons. The van der Waals surface area contributed by atoms with Crippen LogP contribution in [0.3, 0.4) is 0 Å². The van der Waals surface area contributed by atoms with Gasteiger partial charge in [-0.05, 0) is 39.0 Å². The maximum atomic E-state index is 12.1. The van der Waals surface area contributed by atoms with Crippen LogP contribution in [0.25, 0.3) is 5.69 Å². The van der Waals surface area contributed by atoms with Gasteiger partial charge in [-0.2, -0.15) is 5.10 Å². The molecular weight excluding hydrogens is 280 g/mol. The molecule has 1 N–H and O–H groups in total. The quantitative estimate of drug-likeness (QED) is 0.879. The van der Waals surface area contributed by atoms with Crippen molar-refractivity contribution in [3.8, 4) is 5.69 Å². The first-order valence-electron chi connectivity index (χ1n) is 8.03. The number of hydrogen-bond acceptors (Lipinski definition) is 4. The van der Waals surface area contributed by atoms with Crippen LogP contribution in [-0.2, 0) is 11.2 Å². The fourth-order valence-corrected chi connectivity index (χ4v) is 2.38. The van der Waals surface area contributed by atoms with E-state index < -0.39 is 18.2 Å². The zero-order valence-electron chi connectivity index (χ0n) is 15.0. The second kappa shape index (κ2) is 5.05. The minimum atomic E-state index is -1.75. The summed E-state index contributed by atoms with van der Waals surface area (Å²) in [5, 5.41) is 6.92. The molecule has 1 aromatic heterocycles. The zero-order chi connectivity index (χ0) is 17.7. The van der Waals surface area contributed by atoms with E-state index in [2.05, 4.69) is 10.4 Å². The van der Waals surface area contributed by atoms with Gasteiger partial charge in [-0.1, -0.05) is 6.07 Å². The molecule has 0 fully saturated rings. The van der Waals surface area contributed by atoms with Gasteiger partial charge in [-0.3, -0.25) is 5.32 Å². The summed E-state index contributed by atoms with van der Waals surface area (Å²) in [4.78, 5) is 13.6. The number of hydrogen-bond donors (Lipinski definition) is 1. The number of benzene rings is 1. The number of anilines is 2. The van der Waals surface area contributed by atoms with Crippen molar-refractivity contribution < 1.29 is 12.3 Å². The first-order chi connectivity index (χ1) is 11.1. The van der Waals surface area contributed by atoms with Gasteiger partial charge in [0.15, 0.2) is 0 Å². The van der Waals surface area contributed by atoms with Crippen molar-refractivity contribution >= 4 is 17.5 Å². The Labute approximate surface area is 132 Å². The lowest BCUT2D eigenvalue weighted by atomic mass is 10.1. The number of carbonyl (C=O) groups excluding carboxylic acids is 1. The van der Waals surface area contributed by atoms with Crippen molar-refractivity contribution in [3.05, 3.63) is 36.2 Å². The molecule has 116 valence electrons. The summed E-state index contributed by atoms with van der Waals surface area (Å²) < 4.78 is 23.6. The normalized spacial score (nSPS) is 17.0. The lowest BCUT2D eigenvalue weighted by Gasteiger charge is -2.30. The summed E-state index contributed by atoms with van der Waals surface area (Å²) in [6.45, 7) is 3.60. The summed E-state index contributed by atoms with van der Waals surface area (Å²) in [7, 11) is 1.65. The van der Waals surface area contributed by atoms with Gasteiger partial charge in [0.2, 0.25) is 0 Å². The molecule has 6 nitrogen and oxygen atoms in total. The monoisotopic (exact) mass is 302 g/mol. The highest BCUT2D eigenvalue weighted by Gasteiger charge is 2.24. The van der Waals surface area contributed by atoms with E-state index in [0.29, 0.717) is 22.8 Å². The summed E-state index contributed by atoms with van der Waals surface area (Å²) in [6.07, 6.45) is 0.973. The molecule has 3 rings (SSSR count). The Balaban J connectivity index is 2.05. The Morgan fingerprint density at radius 2 is 2.18 bits per heavy atom. The van der Waals surface area contributed by atoms with E-state index in [4.69, 9.17) is 7.48 Å². The summed E-state index contributed by atoms with van der Waals surface area (Å²) >= 11 is 0. The lowest BCUT2D eigenvalue weighted by Crippen LogP contribution is -2.30. The molecule has 0 bridgehead atoms. The Bertz CT molecular complexity index is 796. The van der Waals surface area contributed by atoms with Gasteiger partial charge in [0, 0.05) is 13.2 Å². The maximum Gasteiger partial charge on any atom is 0.412 e. The van der Waals surface area contributed by atoms with E-state index in [1.807, 2.05) is 6.07 Å². The summed E-state index contributed by atoms with van der Waals surface area (Å²) in [5.41, 5.74) is 1.53. The van der Waals surface area contributed by atoms with Crippen molar-refractivity contribution in [2.75, 3.05) is 17.3 Å². The second-order valence-electron chi connectivity index (χ2n) is 6.10. The van der Waals surface area contributed by atoms with Crippen molar-refractivity contribution in [3.63, 3.8) is 0 Å². The van der Waals surface area contributed by atoms with Crippen LogP contribution in [-0.4, -0.2) is 28.5 Å². The number of rotatable bonds is 1. The topological polar surface area (TPSA) is 59.4 Å². The Hall–Kier alpha value is -2.50. The molecular formula is C16H20N4O2. The number of para-hydroxylation sites is 1. The highest BCUT2D eigenvalue weighted by atomic mass is 16.6. The molecule has 2 heterocycles. The van der Waals surface area contributed by atoms with Crippen LogP contribution in [0, 0.1) is 0 Å². The van der Waals surface area contributed by atoms with Gasteiger partial charge in [-0.25, -0.2) is 9.48 Å². The molecule has 6 heteroatoms. The predicted molar refractivity (Wildman–Crippen MR) is 85.5 cm³/mol. The van der Waals surface area contributed by atoms with Crippen LogP contribution in [0.5, 0.6) is 0 Å². The summed E-state index contributed by atoms with van der Waals surface area (Å²) in [6, 6.07) is 6.97. The van der Waals surface area contributed by atoms with E-state index in [9.17, 15) is 4.79 Å². The molecule has 0 aliphatic carbocycles. The fraction of sp³-hybridized carbons (Fsp3) is 0.375. The second-order valence-corrected chi connectivity index (χ2v) is 6.10. The number of amides is 1. The van der Waals surface area contributed by atoms with Crippen molar-refractivity contribution in [1.29, 1.82) is 0 Å². The van der Waals surface area contributed by atoms with Crippen LogP contribution in [0.15, 0.2) is 30.5 Å². The zero-order valence-corrected chi connectivity index (χ0v) is 13.0. The molecule has 0 atom stereocenters. The van der Waals surface area contributed by atoms with Crippen LogP contribution in [0.1, 0.15) is 29.2 Å². The number of fused-ring (bicyclic) bond motifs is 3. The molecule has 22 heavy (non-hydrogen) atoms. The third kappa shape index (κ3) is 2.64. The van der Waals surface area contributed by atoms with E-state index in [1.165, 1.54) is 4.90 Å². The van der Waals surface area contributed by atoms with E-state index in [1.54, 1.807) is 56.9 Å². The minimum absolute atomic E-state index is 0.437. The van der Waals surface area contributed by atoms with E-state index >= 15 is 0 Å². The molecule has 2 aromatic rings. The molecule has 1 aliphatic heterocycles. The number of carbonyl (C=O) groups is 1. The predicted octanol–water partition coefficient (Wildman–Crippen LogP) is 3.17. The van der Waals surface area contributed by atoms with E-state index in [-0.39, 0.29) is 0 Å². The average Bonchev–Trinajstić information content (AvgIpc) is 2.93. The maximum absolute atomic E-state index is 12.1. The SMILES string of the molecule is [2H]C1([2H])c2ccnn2-c2cccc(NC(=O)OC(C)(C)C)c2N1C. The first-order valence-corrected chi connectivity index (χ1v) is 7.03. The van der Waals surface area contributed by atoms with Crippen molar-refractivity contribution in [2.24, 2.45) is 0 Å². The van der Waals surface area contributed by atoms with Crippen molar-refractivity contribution in [2.45, 2.75) is 32.9 Å². The Morgan fingerprint density at radius 1 is 1.41 bits per heavy atom. The number of nitrogens with one attached hydrogen (secondary N) is 1. The average molecular weight is 302 g/mol. The molecule has 1 aromatic carbocycles. The first kappa shape index (κ1) is 12.1. The van der Waals surface area contributed by atoms with Gasteiger partial charge < -0.3 is 9.64 Å². The van der Waals surface area contributed by atoms with Gasteiger partial charge in [0.1, 0.15) is 5.60 Å². The number of ether oxygens (including phenoxy) is 1. The van der Waals surface area contributed by atoms with Gasteiger partial charge >= 0.3 is 6.09 Å². The third-order valence-electron chi connectivity index (χ3n) is 3.14. The van der Waals surface area contributed by atoms with Crippen LogP contribution in [0.2, 0.25) is 0 Å². The van der Waals surface area contributed by atoms with Gasteiger partial charge in [0.25, 0.3) is 0 Å². The molecule has 0 spiro atoms. The van der Waals surface area contributed by atoms with Crippen molar-refractivity contribution in [1.82, 2.24) is 9.78 Å². The number of aromatic nitrogens is 2. The third-order valence-corrected chi connectivity index (χ3v) is 3.14.